The largest absolute Gasteiger partial charge is 0.297 e. The van der Waals surface area contributed by atoms with Crippen LogP contribution in [0.15, 0.2) is 42.5 Å². The molecule has 0 saturated heterocycles. The second-order valence-electron chi connectivity index (χ2n) is 5.29. The van der Waals surface area contributed by atoms with E-state index in [1.165, 1.54) is 25.1 Å². The van der Waals surface area contributed by atoms with Gasteiger partial charge in [0.1, 0.15) is 0 Å². The van der Waals surface area contributed by atoms with Gasteiger partial charge in [0.2, 0.25) is 5.82 Å². The van der Waals surface area contributed by atoms with Gasteiger partial charge in [0.15, 0.2) is 11.5 Å². The Balaban J connectivity index is 2.05. The first kappa shape index (κ1) is 15.5. The molecule has 0 unspecified atom stereocenters. The molecule has 3 aromatic rings. The molecule has 0 amide bonds. The van der Waals surface area contributed by atoms with Crippen LogP contribution in [0.5, 0.6) is 0 Å². The van der Waals surface area contributed by atoms with E-state index in [0.29, 0.717) is 5.82 Å². The molecular formula is C16H13N5O3. The van der Waals surface area contributed by atoms with Crippen molar-refractivity contribution in [3.8, 4) is 17.1 Å². The molecule has 24 heavy (non-hydrogen) atoms. The lowest BCUT2D eigenvalue weighted by molar-refractivity contribution is -0.384. The number of nitro groups is 1. The van der Waals surface area contributed by atoms with Crippen molar-refractivity contribution in [3.05, 3.63) is 63.7 Å². The number of Topliss-reactive ketones (excluding diaryl/α,β-unsaturated/α-hetero) is 1. The summed E-state index contributed by atoms with van der Waals surface area (Å²) in [6.07, 6.45) is 0. The van der Waals surface area contributed by atoms with Crippen molar-refractivity contribution in [1.82, 2.24) is 20.2 Å². The molecule has 2 aromatic carbocycles. The highest BCUT2D eigenvalue weighted by atomic mass is 16.6. The molecule has 0 fully saturated rings. The first-order valence-electron chi connectivity index (χ1n) is 7.12. The van der Waals surface area contributed by atoms with E-state index in [1.807, 2.05) is 31.2 Å². The summed E-state index contributed by atoms with van der Waals surface area (Å²) in [6.45, 7) is 3.32. The van der Waals surface area contributed by atoms with Crippen molar-refractivity contribution in [2.75, 3.05) is 0 Å². The normalized spacial score (nSPS) is 10.6. The summed E-state index contributed by atoms with van der Waals surface area (Å²) >= 11 is 0. The lowest BCUT2D eigenvalue weighted by Crippen LogP contribution is -2.05. The van der Waals surface area contributed by atoms with Crippen LogP contribution in [0, 0.1) is 17.0 Å². The number of nitro benzene ring substituents is 1. The van der Waals surface area contributed by atoms with Crippen molar-refractivity contribution < 1.29 is 9.72 Å². The topological polar surface area (TPSA) is 104 Å². The lowest BCUT2D eigenvalue weighted by Gasteiger charge is -2.02. The molecule has 0 atom stereocenters. The van der Waals surface area contributed by atoms with Crippen LogP contribution >= 0.6 is 0 Å². The smallest absolute Gasteiger partial charge is 0.295 e. The second kappa shape index (κ2) is 5.99. The molecule has 120 valence electrons. The van der Waals surface area contributed by atoms with Crippen LogP contribution in [-0.4, -0.2) is 30.9 Å². The number of aryl methyl sites for hydroxylation is 1. The molecule has 0 radical (unpaired) electrons. The number of hydrogen-bond donors (Lipinski definition) is 0. The standard InChI is InChI=1S/C16H13N5O3/c1-10-3-5-12(6-4-10)16-17-19-20(18-16)14-8-7-13(11(2)22)9-15(14)21(23)24/h3-9H,1-2H3. The molecule has 3 rings (SSSR count). The van der Waals surface area contributed by atoms with E-state index in [0.717, 1.165) is 15.9 Å². The van der Waals surface area contributed by atoms with Gasteiger partial charge in [-0.25, -0.2) is 0 Å². The number of hydrogen-bond acceptors (Lipinski definition) is 6. The molecule has 8 nitrogen and oxygen atoms in total. The zero-order chi connectivity index (χ0) is 17.3. The molecule has 1 heterocycles. The van der Waals surface area contributed by atoms with Crippen LogP contribution < -0.4 is 0 Å². The molecule has 0 spiro atoms. The van der Waals surface area contributed by atoms with Crippen LogP contribution in [0.4, 0.5) is 5.69 Å². The zero-order valence-corrected chi connectivity index (χ0v) is 13.0. The number of aromatic nitrogens is 4. The summed E-state index contributed by atoms with van der Waals surface area (Å²) in [4.78, 5) is 23.2. The maximum atomic E-state index is 11.4. The summed E-state index contributed by atoms with van der Waals surface area (Å²) in [5.41, 5.74) is 2.01. The number of carbonyl (C=O) groups is 1. The predicted octanol–water partition coefficient (Wildman–Crippen LogP) is 2.75. The Kier molecular flexibility index (Phi) is 3.87. The summed E-state index contributed by atoms with van der Waals surface area (Å²) in [5.74, 6) is 0.108. The molecule has 0 bridgehead atoms. The van der Waals surface area contributed by atoms with Crippen LogP contribution in [0.2, 0.25) is 0 Å². The van der Waals surface area contributed by atoms with Crippen LogP contribution in [0.3, 0.4) is 0 Å². The van der Waals surface area contributed by atoms with E-state index in [2.05, 4.69) is 15.4 Å². The van der Waals surface area contributed by atoms with E-state index < -0.39 is 4.92 Å². The van der Waals surface area contributed by atoms with E-state index in [9.17, 15) is 14.9 Å². The Bertz CT molecular complexity index is 931. The van der Waals surface area contributed by atoms with Gasteiger partial charge in [0, 0.05) is 17.2 Å². The minimum Gasteiger partial charge on any atom is -0.295 e. The summed E-state index contributed by atoms with van der Waals surface area (Å²) in [6, 6.07) is 11.7. The monoisotopic (exact) mass is 323 g/mol. The van der Waals surface area contributed by atoms with Gasteiger partial charge >= 0.3 is 0 Å². The first-order valence-corrected chi connectivity index (χ1v) is 7.12. The fourth-order valence-electron chi connectivity index (χ4n) is 2.19. The van der Waals surface area contributed by atoms with E-state index >= 15 is 0 Å². The Morgan fingerprint density at radius 2 is 1.88 bits per heavy atom. The average Bonchev–Trinajstić information content (AvgIpc) is 3.04. The van der Waals surface area contributed by atoms with Crippen LogP contribution in [0.25, 0.3) is 17.1 Å². The summed E-state index contributed by atoms with van der Waals surface area (Å²) in [5, 5.41) is 23.3. The van der Waals surface area contributed by atoms with Gasteiger partial charge in [-0.15, -0.1) is 15.0 Å². The van der Waals surface area contributed by atoms with Crippen molar-refractivity contribution in [1.29, 1.82) is 0 Å². The molecule has 0 N–H and O–H groups in total. The van der Waals surface area contributed by atoms with Gasteiger partial charge in [-0.3, -0.25) is 14.9 Å². The Morgan fingerprint density at radius 3 is 2.50 bits per heavy atom. The SMILES string of the molecule is CC(=O)c1ccc(-n2nnc(-c3ccc(C)cc3)n2)c([N+](=O)[O-])c1. The Labute approximate surface area is 136 Å². The van der Waals surface area contributed by atoms with E-state index in [-0.39, 0.29) is 22.7 Å². The highest BCUT2D eigenvalue weighted by molar-refractivity contribution is 5.95. The molecule has 1 aromatic heterocycles. The number of rotatable bonds is 4. The Morgan fingerprint density at radius 1 is 1.17 bits per heavy atom. The number of tetrazole rings is 1. The van der Waals surface area contributed by atoms with Crippen LogP contribution in [-0.2, 0) is 0 Å². The summed E-state index contributed by atoms with van der Waals surface area (Å²) in [7, 11) is 0. The van der Waals surface area contributed by atoms with Crippen molar-refractivity contribution in [2.24, 2.45) is 0 Å². The van der Waals surface area contributed by atoms with Crippen molar-refractivity contribution in [3.63, 3.8) is 0 Å². The predicted molar refractivity (Wildman–Crippen MR) is 86.0 cm³/mol. The fourth-order valence-corrected chi connectivity index (χ4v) is 2.19. The van der Waals surface area contributed by atoms with Gasteiger partial charge in [0.25, 0.3) is 5.69 Å². The number of carbonyl (C=O) groups excluding carboxylic acids is 1. The molecule has 8 heteroatoms. The third-order valence-electron chi connectivity index (χ3n) is 3.52. The van der Waals surface area contributed by atoms with Gasteiger partial charge in [-0.05, 0) is 31.2 Å². The maximum absolute atomic E-state index is 11.4. The lowest BCUT2D eigenvalue weighted by atomic mass is 10.1. The molecule has 0 aliphatic heterocycles. The average molecular weight is 323 g/mol. The van der Waals surface area contributed by atoms with E-state index in [4.69, 9.17) is 0 Å². The third kappa shape index (κ3) is 2.89. The molecular weight excluding hydrogens is 310 g/mol. The van der Waals surface area contributed by atoms with Crippen molar-refractivity contribution in [2.45, 2.75) is 13.8 Å². The fraction of sp³-hybridized carbons (Fsp3) is 0.125. The number of nitrogens with zero attached hydrogens (tertiary/aromatic N) is 5. The highest BCUT2D eigenvalue weighted by Gasteiger charge is 2.20. The summed E-state index contributed by atoms with van der Waals surface area (Å²) < 4.78 is 0. The zero-order valence-electron chi connectivity index (χ0n) is 13.0. The van der Waals surface area contributed by atoms with E-state index in [1.54, 1.807) is 0 Å². The minimum atomic E-state index is -0.573. The van der Waals surface area contributed by atoms with Crippen molar-refractivity contribution >= 4 is 11.5 Å². The molecule has 0 aliphatic rings. The third-order valence-corrected chi connectivity index (χ3v) is 3.52. The Hall–Kier alpha value is -3.42. The first-order chi connectivity index (χ1) is 11.5. The number of benzene rings is 2. The minimum absolute atomic E-state index is 0.149. The quantitative estimate of drug-likeness (QED) is 0.415. The van der Waals surface area contributed by atoms with Gasteiger partial charge in [0.05, 0.1) is 4.92 Å². The van der Waals surface area contributed by atoms with Gasteiger partial charge in [-0.2, -0.15) is 0 Å². The maximum Gasteiger partial charge on any atom is 0.297 e. The number of ketones is 1. The highest BCUT2D eigenvalue weighted by Crippen LogP contribution is 2.24. The molecule has 0 saturated carbocycles. The molecule has 0 aliphatic carbocycles. The van der Waals surface area contributed by atoms with Crippen LogP contribution in [0.1, 0.15) is 22.8 Å². The van der Waals surface area contributed by atoms with Gasteiger partial charge in [-0.1, -0.05) is 29.8 Å². The second-order valence-corrected chi connectivity index (χ2v) is 5.29. The van der Waals surface area contributed by atoms with Gasteiger partial charge < -0.3 is 0 Å².